The molecule has 1 aromatic heterocycles. The molecule has 1 aliphatic rings. The van der Waals surface area contributed by atoms with Gasteiger partial charge in [0.15, 0.2) is 0 Å². The highest BCUT2D eigenvalue weighted by atomic mass is 16.4. The van der Waals surface area contributed by atoms with Gasteiger partial charge in [0.1, 0.15) is 5.58 Å². The van der Waals surface area contributed by atoms with E-state index in [-0.39, 0.29) is 11.5 Å². The second-order valence-corrected chi connectivity index (χ2v) is 7.26. The summed E-state index contributed by atoms with van der Waals surface area (Å²) in [6.07, 6.45) is 0. The maximum atomic E-state index is 13.0. The third-order valence-electron chi connectivity index (χ3n) is 5.47. The molecule has 0 spiro atoms. The summed E-state index contributed by atoms with van der Waals surface area (Å²) in [4.78, 5) is 26.0. The van der Waals surface area contributed by atoms with Crippen LogP contribution in [-0.2, 0) is 4.79 Å². The Labute approximate surface area is 172 Å². The van der Waals surface area contributed by atoms with Crippen LogP contribution in [0.5, 0.6) is 0 Å². The fourth-order valence-corrected chi connectivity index (χ4v) is 4.08. The van der Waals surface area contributed by atoms with Crippen LogP contribution in [0.15, 0.2) is 88.1 Å². The molecule has 2 unspecified atom stereocenters. The number of nitrogen functional groups attached to an aromatic ring is 1. The molecule has 5 rings (SSSR count). The molecule has 0 saturated carbocycles. The van der Waals surface area contributed by atoms with Crippen LogP contribution in [0.3, 0.4) is 0 Å². The van der Waals surface area contributed by atoms with Crippen LogP contribution in [0.2, 0.25) is 0 Å². The molecule has 30 heavy (non-hydrogen) atoms. The van der Waals surface area contributed by atoms with Crippen LogP contribution in [0.1, 0.15) is 23.1 Å². The summed E-state index contributed by atoms with van der Waals surface area (Å²) >= 11 is 0. The highest BCUT2D eigenvalue weighted by molar-refractivity contribution is 6.04. The van der Waals surface area contributed by atoms with Crippen molar-refractivity contribution >= 4 is 33.9 Å². The Morgan fingerprint density at radius 1 is 0.900 bits per heavy atom. The van der Waals surface area contributed by atoms with E-state index in [1.807, 2.05) is 60.7 Å². The Balaban J connectivity index is 1.73. The lowest BCUT2D eigenvalue weighted by atomic mass is 9.87. The SMILES string of the molecule is Nc1c(C(Nc2ccccc2)C2C(=O)Nc3ccccc32)c(=O)oc2ccccc12. The second kappa shape index (κ2) is 7.08. The van der Waals surface area contributed by atoms with Crippen molar-refractivity contribution in [2.45, 2.75) is 12.0 Å². The van der Waals surface area contributed by atoms with E-state index in [1.165, 1.54) is 0 Å². The minimum Gasteiger partial charge on any atom is -0.422 e. The molecule has 0 aliphatic carbocycles. The van der Waals surface area contributed by atoms with E-state index in [2.05, 4.69) is 10.6 Å². The molecule has 0 bridgehead atoms. The van der Waals surface area contributed by atoms with E-state index >= 15 is 0 Å². The molecule has 6 heteroatoms. The van der Waals surface area contributed by atoms with Gasteiger partial charge < -0.3 is 20.8 Å². The van der Waals surface area contributed by atoms with Crippen LogP contribution in [0.4, 0.5) is 17.1 Å². The topological polar surface area (TPSA) is 97.4 Å². The van der Waals surface area contributed by atoms with Crippen molar-refractivity contribution < 1.29 is 9.21 Å². The van der Waals surface area contributed by atoms with Crippen LogP contribution in [0, 0.1) is 0 Å². The van der Waals surface area contributed by atoms with Gasteiger partial charge in [-0.15, -0.1) is 0 Å². The van der Waals surface area contributed by atoms with Gasteiger partial charge in [-0.2, -0.15) is 0 Å². The van der Waals surface area contributed by atoms with Gasteiger partial charge in [-0.1, -0.05) is 48.5 Å². The number of para-hydroxylation sites is 3. The molecule has 0 fully saturated rings. The van der Waals surface area contributed by atoms with Crippen molar-refractivity contribution in [2.75, 3.05) is 16.4 Å². The van der Waals surface area contributed by atoms with Crippen molar-refractivity contribution in [1.82, 2.24) is 0 Å². The predicted octanol–water partition coefficient (Wildman–Crippen LogP) is 4.26. The van der Waals surface area contributed by atoms with Crippen molar-refractivity contribution in [3.05, 3.63) is 100 Å². The molecule has 1 amide bonds. The zero-order chi connectivity index (χ0) is 20.7. The van der Waals surface area contributed by atoms with Gasteiger partial charge in [0.2, 0.25) is 5.91 Å². The first-order chi connectivity index (χ1) is 14.6. The maximum absolute atomic E-state index is 13.0. The van der Waals surface area contributed by atoms with Gasteiger partial charge in [-0.05, 0) is 35.9 Å². The van der Waals surface area contributed by atoms with Gasteiger partial charge >= 0.3 is 5.63 Å². The summed E-state index contributed by atoms with van der Waals surface area (Å²) in [6, 6.07) is 23.3. The maximum Gasteiger partial charge on any atom is 0.343 e. The van der Waals surface area contributed by atoms with E-state index in [4.69, 9.17) is 10.2 Å². The number of fused-ring (bicyclic) bond motifs is 2. The number of rotatable bonds is 4. The summed E-state index contributed by atoms with van der Waals surface area (Å²) < 4.78 is 5.57. The second-order valence-electron chi connectivity index (χ2n) is 7.26. The smallest absolute Gasteiger partial charge is 0.343 e. The Hall–Kier alpha value is -4.06. The lowest BCUT2D eigenvalue weighted by Crippen LogP contribution is -2.30. The van der Waals surface area contributed by atoms with E-state index in [1.54, 1.807) is 18.2 Å². The van der Waals surface area contributed by atoms with Crippen molar-refractivity contribution in [3.63, 3.8) is 0 Å². The van der Waals surface area contributed by atoms with E-state index in [9.17, 15) is 9.59 Å². The van der Waals surface area contributed by atoms with Gasteiger partial charge in [-0.25, -0.2) is 4.79 Å². The van der Waals surface area contributed by atoms with Crippen molar-refractivity contribution in [2.24, 2.45) is 0 Å². The Morgan fingerprint density at radius 3 is 2.43 bits per heavy atom. The summed E-state index contributed by atoms with van der Waals surface area (Å²) in [7, 11) is 0. The number of amides is 1. The molecule has 4 aromatic rings. The Kier molecular flexibility index (Phi) is 4.25. The van der Waals surface area contributed by atoms with Gasteiger partial charge in [0.25, 0.3) is 0 Å². The lowest BCUT2D eigenvalue weighted by molar-refractivity contribution is -0.117. The van der Waals surface area contributed by atoms with Gasteiger partial charge in [0, 0.05) is 16.8 Å². The van der Waals surface area contributed by atoms with E-state index in [0.717, 1.165) is 16.9 Å². The van der Waals surface area contributed by atoms with Crippen molar-refractivity contribution in [1.29, 1.82) is 0 Å². The molecule has 0 radical (unpaired) electrons. The van der Waals surface area contributed by atoms with Gasteiger partial charge in [0.05, 0.1) is 23.2 Å². The summed E-state index contributed by atoms with van der Waals surface area (Å²) in [5.74, 6) is -0.843. The standard InChI is InChI=1S/C24H19N3O3/c25-21-16-11-5-7-13-18(16)30-24(29)20(21)22(26-14-8-2-1-3-9-14)19-15-10-4-6-12-17(15)27-23(19)28/h1-13,19,22,26H,25H2,(H,27,28). The van der Waals surface area contributed by atoms with E-state index < -0.39 is 17.6 Å². The molecule has 2 heterocycles. The van der Waals surface area contributed by atoms with Gasteiger partial charge in [-0.3, -0.25) is 4.79 Å². The molecule has 3 aromatic carbocycles. The molecule has 0 saturated heterocycles. The van der Waals surface area contributed by atoms with E-state index in [0.29, 0.717) is 16.7 Å². The fourth-order valence-electron chi connectivity index (χ4n) is 4.08. The number of nitrogens with one attached hydrogen (secondary N) is 2. The minimum atomic E-state index is -0.711. The zero-order valence-corrected chi connectivity index (χ0v) is 16.0. The molecule has 6 nitrogen and oxygen atoms in total. The molecule has 2 atom stereocenters. The molecular weight excluding hydrogens is 378 g/mol. The monoisotopic (exact) mass is 397 g/mol. The van der Waals surface area contributed by atoms with Crippen LogP contribution >= 0.6 is 0 Å². The highest BCUT2D eigenvalue weighted by Gasteiger charge is 2.40. The number of anilines is 3. The lowest BCUT2D eigenvalue weighted by Gasteiger charge is -2.26. The van der Waals surface area contributed by atoms with Crippen molar-refractivity contribution in [3.8, 4) is 0 Å². The average molecular weight is 397 g/mol. The molecule has 4 N–H and O–H groups in total. The predicted molar refractivity (Wildman–Crippen MR) is 118 cm³/mol. The normalized spacial score (nSPS) is 16.1. The third kappa shape index (κ3) is 2.90. The van der Waals surface area contributed by atoms with Crippen LogP contribution in [0.25, 0.3) is 11.0 Å². The highest BCUT2D eigenvalue weighted by Crippen LogP contribution is 2.43. The molecule has 1 aliphatic heterocycles. The summed E-state index contributed by atoms with van der Waals surface area (Å²) in [6.45, 7) is 0. The Morgan fingerprint density at radius 2 is 1.60 bits per heavy atom. The first-order valence-electron chi connectivity index (χ1n) is 9.66. The summed E-state index contributed by atoms with van der Waals surface area (Å²) in [5.41, 5.74) is 9.20. The largest absolute Gasteiger partial charge is 0.422 e. The first-order valence-corrected chi connectivity index (χ1v) is 9.66. The average Bonchev–Trinajstić information content (AvgIpc) is 3.09. The molecular formula is C24H19N3O3. The minimum absolute atomic E-state index is 0.198. The number of carbonyl (C=O) groups is 1. The number of nitrogens with two attached hydrogens (primary N) is 1. The first kappa shape index (κ1) is 18.0. The number of carbonyl (C=O) groups excluding carboxylic acids is 1. The Bertz CT molecular complexity index is 1310. The number of benzene rings is 3. The zero-order valence-electron chi connectivity index (χ0n) is 16.0. The summed E-state index contributed by atoms with van der Waals surface area (Å²) in [5, 5.41) is 6.90. The van der Waals surface area contributed by atoms with Crippen LogP contribution in [-0.4, -0.2) is 5.91 Å². The quantitative estimate of drug-likeness (QED) is 0.447. The fraction of sp³-hybridized carbons (Fsp3) is 0.0833. The number of hydrogen-bond acceptors (Lipinski definition) is 5. The number of hydrogen-bond donors (Lipinski definition) is 3. The molecule has 148 valence electrons. The van der Waals surface area contributed by atoms with Crippen LogP contribution < -0.4 is 22.0 Å². The third-order valence-corrected chi connectivity index (χ3v) is 5.47.